The van der Waals surface area contributed by atoms with Crippen LogP contribution in [0.4, 0.5) is 24.9 Å². The van der Waals surface area contributed by atoms with Crippen molar-refractivity contribution in [2.24, 2.45) is 12.8 Å². The second kappa shape index (κ2) is 7.16. The molecule has 10 heteroatoms. The van der Waals surface area contributed by atoms with Gasteiger partial charge in [-0.1, -0.05) is 30.3 Å². The number of aryl methyl sites for hydroxylation is 1. The Morgan fingerprint density at radius 3 is 2.58 bits per heavy atom. The third kappa shape index (κ3) is 4.20. The zero-order chi connectivity index (χ0) is 18.7. The van der Waals surface area contributed by atoms with E-state index in [0.717, 1.165) is 5.56 Å². The number of fused-ring (bicyclic) bond motifs is 1. The van der Waals surface area contributed by atoms with Crippen molar-refractivity contribution in [3.05, 3.63) is 42.1 Å². The summed E-state index contributed by atoms with van der Waals surface area (Å²) in [4.78, 5) is 8.45. The van der Waals surface area contributed by atoms with Gasteiger partial charge >= 0.3 is 6.18 Å². The summed E-state index contributed by atoms with van der Waals surface area (Å²) in [6.45, 7) is -0.872. The van der Waals surface area contributed by atoms with E-state index in [9.17, 15) is 13.2 Å². The fourth-order valence-corrected chi connectivity index (χ4v) is 2.44. The Bertz CT molecular complexity index is 877. The van der Waals surface area contributed by atoms with Crippen LogP contribution in [0, 0.1) is 0 Å². The number of rotatable bonds is 6. The smallest absolute Gasteiger partial charge is 0.360 e. The van der Waals surface area contributed by atoms with Gasteiger partial charge in [-0.25, -0.2) is 0 Å². The lowest BCUT2D eigenvalue weighted by molar-refractivity contribution is -0.115. The Hall–Kier alpha value is -2.88. The number of aromatic nitrogens is 4. The largest absolute Gasteiger partial charge is 0.405 e. The molecule has 0 saturated carbocycles. The Morgan fingerprint density at radius 2 is 1.88 bits per heavy atom. The maximum Gasteiger partial charge on any atom is 0.405 e. The van der Waals surface area contributed by atoms with Crippen LogP contribution in [-0.2, 0) is 7.05 Å². The average Bonchev–Trinajstić information content (AvgIpc) is 2.99. The van der Waals surface area contributed by atoms with Gasteiger partial charge < -0.3 is 16.4 Å². The number of nitrogens with zero attached hydrogens (tertiary/aromatic N) is 4. The molecular formula is C16H18F3N7. The van der Waals surface area contributed by atoms with Gasteiger partial charge in [0.1, 0.15) is 12.4 Å². The molecule has 0 radical (unpaired) electrons. The van der Waals surface area contributed by atoms with Crippen LogP contribution in [0.3, 0.4) is 0 Å². The van der Waals surface area contributed by atoms with E-state index in [0.29, 0.717) is 17.6 Å². The molecule has 0 unspecified atom stereocenters. The van der Waals surface area contributed by atoms with Gasteiger partial charge in [0.25, 0.3) is 0 Å². The van der Waals surface area contributed by atoms with E-state index >= 15 is 0 Å². The fourth-order valence-electron chi connectivity index (χ4n) is 2.44. The van der Waals surface area contributed by atoms with Crippen molar-refractivity contribution in [1.82, 2.24) is 19.7 Å². The van der Waals surface area contributed by atoms with E-state index in [1.54, 1.807) is 7.05 Å². The van der Waals surface area contributed by atoms with E-state index in [1.807, 2.05) is 30.3 Å². The molecule has 0 saturated heterocycles. The highest BCUT2D eigenvalue weighted by Crippen LogP contribution is 2.23. The highest BCUT2D eigenvalue weighted by Gasteiger charge is 2.27. The first-order valence-corrected chi connectivity index (χ1v) is 7.88. The van der Waals surface area contributed by atoms with Crippen molar-refractivity contribution < 1.29 is 13.2 Å². The van der Waals surface area contributed by atoms with Gasteiger partial charge in [-0.15, -0.1) is 0 Å². The summed E-state index contributed by atoms with van der Waals surface area (Å²) in [6.07, 6.45) is -2.93. The SMILES string of the molecule is Cn1ncc2c(NCC(F)(F)F)nc(NC[C@@H](N)c3ccccc3)nc21. The van der Waals surface area contributed by atoms with Crippen molar-refractivity contribution in [2.45, 2.75) is 12.2 Å². The predicted octanol–water partition coefficient (Wildman–Crippen LogP) is 2.45. The number of hydrogen-bond donors (Lipinski definition) is 3. The van der Waals surface area contributed by atoms with Gasteiger partial charge in [-0.3, -0.25) is 4.68 Å². The van der Waals surface area contributed by atoms with Gasteiger partial charge in [-0.05, 0) is 5.56 Å². The molecule has 1 aromatic carbocycles. The molecule has 0 amide bonds. The summed E-state index contributed by atoms with van der Waals surface area (Å²) in [5, 5.41) is 9.72. The van der Waals surface area contributed by atoms with E-state index in [-0.39, 0.29) is 17.8 Å². The summed E-state index contributed by atoms with van der Waals surface area (Å²) < 4.78 is 39.1. The van der Waals surface area contributed by atoms with Crippen LogP contribution in [0.1, 0.15) is 11.6 Å². The van der Waals surface area contributed by atoms with Crippen LogP contribution < -0.4 is 16.4 Å². The van der Waals surface area contributed by atoms with Crippen molar-refractivity contribution in [3.8, 4) is 0 Å². The number of halogens is 3. The molecule has 138 valence electrons. The van der Waals surface area contributed by atoms with Crippen LogP contribution in [0.2, 0.25) is 0 Å². The van der Waals surface area contributed by atoms with E-state index < -0.39 is 12.7 Å². The van der Waals surface area contributed by atoms with Crippen LogP contribution >= 0.6 is 0 Å². The van der Waals surface area contributed by atoms with Crippen molar-refractivity contribution in [1.29, 1.82) is 0 Å². The fraction of sp³-hybridized carbons (Fsp3) is 0.312. The molecule has 3 rings (SSSR count). The highest BCUT2D eigenvalue weighted by molar-refractivity contribution is 5.87. The Kier molecular flexibility index (Phi) is 4.94. The molecule has 0 aliphatic heterocycles. The quantitative estimate of drug-likeness (QED) is 0.621. The van der Waals surface area contributed by atoms with Crippen LogP contribution in [-0.4, -0.2) is 39.0 Å². The maximum absolute atomic E-state index is 12.5. The number of anilines is 2. The summed E-state index contributed by atoms with van der Waals surface area (Å²) in [6, 6.07) is 9.14. The van der Waals surface area contributed by atoms with Crippen molar-refractivity contribution in [2.75, 3.05) is 23.7 Å². The number of hydrogen-bond acceptors (Lipinski definition) is 6. The molecule has 26 heavy (non-hydrogen) atoms. The number of nitrogens with two attached hydrogens (primary N) is 1. The zero-order valence-electron chi connectivity index (χ0n) is 14.0. The van der Waals surface area contributed by atoms with Gasteiger partial charge in [0.15, 0.2) is 5.65 Å². The van der Waals surface area contributed by atoms with Crippen molar-refractivity contribution in [3.63, 3.8) is 0 Å². The lowest BCUT2D eigenvalue weighted by atomic mass is 10.1. The summed E-state index contributed by atoms with van der Waals surface area (Å²) >= 11 is 0. The van der Waals surface area contributed by atoms with E-state index in [4.69, 9.17) is 5.73 Å². The molecule has 1 atom stereocenters. The first-order chi connectivity index (χ1) is 12.3. The number of alkyl halides is 3. The first-order valence-electron chi connectivity index (χ1n) is 7.88. The minimum Gasteiger partial charge on any atom is -0.360 e. The van der Waals surface area contributed by atoms with Crippen molar-refractivity contribution >= 4 is 22.8 Å². The second-order valence-electron chi connectivity index (χ2n) is 5.77. The third-order valence-electron chi connectivity index (χ3n) is 3.76. The highest BCUT2D eigenvalue weighted by atomic mass is 19.4. The molecule has 0 aliphatic carbocycles. The summed E-state index contributed by atoms with van der Waals surface area (Å²) in [7, 11) is 1.66. The first kappa shape index (κ1) is 17.9. The Labute approximate surface area is 147 Å². The molecule has 3 aromatic rings. The normalized spacial score (nSPS) is 13.0. The maximum atomic E-state index is 12.5. The topological polar surface area (TPSA) is 93.7 Å². The monoisotopic (exact) mass is 365 g/mol. The molecule has 0 spiro atoms. The number of benzene rings is 1. The van der Waals surface area contributed by atoms with E-state index in [2.05, 4.69) is 25.7 Å². The predicted molar refractivity (Wildman–Crippen MR) is 92.7 cm³/mol. The summed E-state index contributed by atoms with van der Waals surface area (Å²) in [5.74, 6) is 0.244. The molecule has 0 aliphatic rings. The average molecular weight is 365 g/mol. The van der Waals surface area contributed by atoms with Crippen LogP contribution in [0.5, 0.6) is 0 Å². The Balaban J connectivity index is 1.80. The molecule has 2 aromatic heterocycles. The van der Waals surface area contributed by atoms with Gasteiger partial charge in [0.2, 0.25) is 5.95 Å². The lowest BCUT2D eigenvalue weighted by Gasteiger charge is -2.15. The molecule has 7 nitrogen and oxygen atoms in total. The van der Waals surface area contributed by atoms with Crippen LogP contribution in [0.25, 0.3) is 11.0 Å². The minimum atomic E-state index is -4.36. The minimum absolute atomic E-state index is 0.0659. The van der Waals surface area contributed by atoms with Gasteiger partial charge in [0, 0.05) is 19.6 Å². The zero-order valence-corrected chi connectivity index (χ0v) is 14.0. The second-order valence-corrected chi connectivity index (χ2v) is 5.77. The molecule has 2 heterocycles. The molecule has 4 N–H and O–H groups in total. The molecule has 0 fully saturated rings. The van der Waals surface area contributed by atoms with Gasteiger partial charge in [-0.2, -0.15) is 28.2 Å². The van der Waals surface area contributed by atoms with E-state index in [1.165, 1.54) is 10.9 Å². The van der Waals surface area contributed by atoms with Crippen LogP contribution in [0.15, 0.2) is 36.5 Å². The molecular weight excluding hydrogens is 347 g/mol. The standard InChI is InChI=1S/C16H18F3N7/c1-26-14-11(7-23-26)13(22-9-16(17,18)19)24-15(25-14)21-8-12(20)10-5-3-2-4-6-10/h2-7,12H,8-9,20H2,1H3,(H2,21,22,24,25)/t12-/m1/s1. The summed E-state index contributed by atoms with van der Waals surface area (Å²) in [5.41, 5.74) is 7.46. The third-order valence-corrected chi connectivity index (χ3v) is 3.76. The molecule has 0 bridgehead atoms. The van der Waals surface area contributed by atoms with Gasteiger partial charge in [0.05, 0.1) is 11.6 Å². The lowest BCUT2D eigenvalue weighted by Crippen LogP contribution is -2.23. The Morgan fingerprint density at radius 1 is 1.15 bits per heavy atom. The number of nitrogens with one attached hydrogen (secondary N) is 2.